The maximum atomic E-state index is 12.9. The van der Waals surface area contributed by atoms with Crippen LogP contribution < -0.4 is 15.2 Å². The van der Waals surface area contributed by atoms with Gasteiger partial charge in [-0.2, -0.15) is 10.4 Å². The Morgan fingerprint density at radius 3 is 2.74 bits per heavy atom. The lowest BCUT2D eigenvalue weighted by atomic mass is 9.98. The van der Waals surface area contributed by atoms with Crippen molar-refractivity contribution in [2.75, 3.05) is 31.3 Å². The van der Waals surface area contributed by atoms with E-state index in [4.69, 9.17) is 9.72 Å². The lowest BCUT2D eigenvalue weighted by Gasteiger charge is -2.49. The molecule has 0 spiro atoms. The van der Waals surface area contributed by atoms with Crippen molar-refractivity contribution in [3.8, 4) is 11.3 Å². The van der Waals surface area contributed by atoms with E-state index in [2.05, 4.69) is 46.7 Å². The molecule has 10 nitrogen and oxygen atoms in total. The normalized spacial score (nSPS) is 19.0. The monoisotopic (exact) mass is 552 g/mol. The summed E-state index contributed by atoms with van der Waals surface area (Å²) < 4.78 is 21.1. The number of hydrogen-bond acceptors (Lipinski definition) is 9. The second-order valence-corrected chi connectivity index (χ2v) is 10.8. The van der Waals surface area contributed by atoms with E-state index in [1.807, 2.05) is 12.1 Å². The first kappa shape index (κ1) is 27.0. The Bertz CT molecular complexity index is 1570. The fourth-order valence-electron chi connectivity index (χ4n) is 5.47. The highest BCUT2D eigenvalue weighted by Crippen LogP contribution is 2.35. The molecule has 4 aromatic heterocycles. The van der Waals surface area contributed by atoms with Gasteiger partial charge in [0.2, 0.25) is 0 Å². The van der Waals surface area contributed by atoms with Crippen LogP contribution in [0.3, 0.4) is 0 Å². The third kappa shape index (κ3) is 5.08. The molecule has 5 rings (SSSR count). The number of fused-ring (bicyclic) bond motifs is 2. The summed E-state index contributed by atoms with van der Waals surface area (Å²) in [4.78, 5) is 27.8. The second-order valence-electron chi connectivity index (χ2n) is 9.87. The smallest absolute Gasteiger partial charge is 0.275 e. The van der Waals surface area contributed by atoms with Crippen LogP contribution >= 0.6 is 11.3 Å². The molecule has 0 amide bonds. The molecule has 1 saturated heterocycles. The van der Waals surface area contributed by atoms with E-state index in [0.29, 0.717) is 5.19 Å². The van der Waals surface area contributed by atoms with Gasteiger partial charge in [0.05, 0.1) is 29.2 Å². The Hall–Kier alpha value is -3.56. The van der Waals surface area contributed by atoms with Gasteiger partial charge in [-0.15, -0.1) is 0 Å². The number of thiazole rings is 1. The Balaban J connectivity index is 1.45. The van der Waals surface area contributed by atoms with Crippen molar-refractivity contribution in [3.05, 3.63) is 40.4 Å². The number of alkyl halides is 1. The summed E-state index contributed by atoms with van der Waals surface area (Å²) in [7, 11) is 1.74. The molecule has 0 saturated carbocycles. The molecule has 1 aliphatic rings. The summed E-state index contributed by atoms with van der Waals surface area (Å²) >= 11 is 1.34. The first-order valence-corrected chi connectivity index (χ1v) is 14.1. The average Bonchev–Trinajstić information content (AvgIpc) is 3.56. The molecule has 0 aliphatic carbocycles. The van der Waals surface area contributed by atoms with Gasteiger partial charge in [-0.25, -0.2) is 14.4 Å². The molecule has 206 valence electrons. The zero-order valence-electron chi connectivity index (χ0n) is 22.7. The van der Waals surface area contributed by atoms with Gasteiger partial charge >= 0.3 is 0 Å². The fraction of sp³-hybridized carbons (Fsp3) is 0.519. The van der Waals surface area contributed by atoms with Crippen LogP contribution in [0, 0.1) is 11.3 Å². The molecule has 12 heteroatoms. The number of nitrogens with zero attached hydrogens (tertiary/aromatic N) is 8. The molecule has 0 bridgehead atoms. The van der Waals surface area contributed by atoms with Gasteiger partial charge in [-0.05, 0) is 31.9 Å². The van der Waals surface area contributed by atoms with Gasteiger partial charge in [0.25, 0.3) is 10.8 Å². The topological polar surface area (TPSA) is 105 Å². The van der Waals surface area contributed by atoms with Crippen LogP contribution in [0.2, 0.25) is 0 Å². The van der Waals surface area contributed by atoms with E-state index in [9.17, 15) is 14.4 Å². The number of pyridine rings is 2. The first-order valence-electron chi connectivity index (χ1n) is 13.3. The third-order valence-corrected chi connectivity index (χ3v) is 8.52. The maximum Gasteiger partial charge on any atom is 0.275 e. The number of ether oxygens (including phenoxy) is 1. The van der Waals surface area contributed by atoms with Gasteiger partial charge in [0.1, 0.15) is 35.7 Å². The van der Waals surface area contributed by atoms with E-state index in [1.165, 1.54) is 11.3 Å². The van der Waals surface area contributed by atoms with Crippen LogP contribution in [0.5, 0.6) is 5.19 Å². The van der Waals surface area contributed by atoms with Crippen molar-refractivity contribution < 1.29 is 9.13 Å². The molecule has 4 aromatic rings. The minimum absolute atomic E-state index is 0.0116. The number of piperazine rings is 1. The summed E-state index contributed by atoms with van der Waals surface area (Å²) in [6, 6.07) is 8.23. The summed E-state index contributed by atoms with van der Waals surface area (Å²) in [5.41, 5.74) is 3.90. The van der Waals surface area contributed by atoms with Gasteiger partial charge < -0.3 is 14.2 Å². The molecule has 39 heavy (non-hydrogen) atoms. The van der Waals surface area contributed by atoms with Crippen molar-refractivity contribution in [1.29, 1.82) is 5.26 Å². The van der Waals surface area contributed by atoms with E-state index >= 15 is 0 Å². The summed E-state index contributed by atoms with van der Waals surface area (Å²) in [5.74, 6) is 0. The molecule has 5 heterocycles. The quantitative estimate of drug-likeness (QED) is 0.306. The van der Waals surface area contributed by atoms with Crippen molar-refractivity contribution in [2.24, 2.45) is 7.05 Å². The second kappa shape index (κ2) is 11.3. The molecule has 1 aliphatic heterocycles. The molecule has 0 aromatic carbocycles. The van der Waals surface area contributed by atoms with Crippen LogP contribution in [0.15, 0.2) is 29.2 Å². The zero-order chi connectivity index (χ0) is 27.7. The number of rotatable bonds is 9. The molecule has 0 N–H and O–H groups in total. The Labute approximate surface area is 230 Å². The SMILES string of the molecule is CC[C@H]1CN(C(C)c2ccc3nc(OCCF)sc3n2)[C@H](CC)CN1c1cc(=O)n(C)c2cn(CC#N)nc12. The number of anilines is 1. The van der Waals surface area contributed by atoms with Crippen molar-refractivity contribution in [1.82, 2.24) is 29.2 Å². The highest BCUT2D eigenvalue weighted by molar-refractivity contribution is 7.19. The van der Waals surface area contributed by atoms with Crippen molar-refractivity contribution in [3.63, 3.8) is 0 Å². The average molecular weight is 553 g/mol. The Morgan fingerprint density at radius 1 is 1.23 bits per heavy atom. The molecule has 0 radical (unpaired) electrons. The molecule has 1 fully saturated rings. The van der Waals surface area contributed by atoms with E-state index in [0.717, 1.165) is 58.7 Å². The fourth-order valence-corrected chi connectivity index (χ4v) is 6.29. The van der Waals surface area contributed by atoms with E-state index < -0.39 is 6.67 Å². The molecule has 1 unspecified atom stereocenters. The van der Waals surface area contributed by atoms with Gasteiger partial charge in [0, 0.05) is 44.3 Å². The Morgan fingerprint density at radius 2 is 2.03 bits per heavy atom. The minimum atomic E-state index is -0.556. The maximum absolute atomic E-state index is 12.9. The van der Waals surface area contributed by atoms with Crippen molar-refractivity contribution >= 4 is 38.4 Å². The molecular weight excluding hydrogens is 519 g/mol. The largest absolute Gasteiger partial charge is 0.467 e. The van der Waals surface area contributed by atoms with E-state index in [-0.39, 0.29) is 36.8 Å². The lowest BCUT2D eigenvalue weighted by Crippen LogP contribution is -2.58. The first-order chi connectivity index (χ1) is 18.9. The molecular formula is C27H33FN8O2S. The van der Waals surface area contributed by atoms with Crippen molar-refractivity contribution in [2.45, 2.75) is 58.3 Å². The number of nitriles is 1. The van der Waals surface area contributed by atoms with Crippen LogP contribution in [0.4, 0.5) is 10.1 Å². The highest BCUT2D eigenvalue weighted by Gasteiger charge is 2.36. The predicted molar refractivity (Wildman–Crippen MR) is 150 cm³/mol. The van der Waals surface area contributed by atoms with Crippen LogP contribution in [0.1, 0.15) is 45.3 Å². The summed E-state index contributed by atoms with van der Waals surface area (Å²) in [6.07, 6.45) is 3.60. The van der Waals surface area contributed by atoms with Gasteiger partial charge in [-0.3, -0.25) is 14.4 Å². The Kier molecular flexibility index (Phi) is 7.81. The number of halogens is 1. The minimum Gasteiger partial charge on any atom is -0.467 e. The third-order valence-electron chi connectivity index (χ3n) is 7.65. The summed E-state index contributed by atoms with van der Waals surface area (Å²) in [6.45, 7) is 7.64. The summed E-state index contributed by atoms with van der Waals surface area (Å²) in [5, 5.41) is 14.3. The van der Waals surface area contributed by atoms with Gasteiger partial charge in [-0.1, -0.05) is 25.2 Å². The number of hydrogen-bond donors (Lipinski definition) is 0. The standard InChI is InChI=1S/C27H33FN8O2S/c1-5-18-15-36(22-13-24(37)33(4)23-16-34(11-10-29)32-25(22)23)19(6-2)14-35(18)17(3)20-7-8-21-26(30-20)39-27(31-21)38-12-9-28/h7-8,13,16-19H,5-6,9,11-12,14-15H2,1-4H3/t17?,18-,19+/m1/s1. The van der Waals surface area contributed by atoms with Crippen LogP contribution in [0.25, 0.3) is 21.4 Å². The lowest BCUT2D eigenvalue weighted by molar-refractivity contribution is 0.0993. The predicted octanol–water partition coefficient (Wildman–Crippen LogP) is 4.05. The molecule has 3 atom stereocenters. The highest BCUT2D eigenvalue weighted by atomic mass is 32.1. The van der Waals surface area contributed by atoms with Gasteiger partial charge in [0.15, 0.2) is 0 Å². The number of aromatic nitrogens is 5. The number of aryl methyl sites for hydroxylation is 1. The zero-order valence-corrected chi connectivity index (χ0v) is 23.5. The van der Waals surface area contributed by atoms with Crippen LogP contribution in [-0.4, -0.2) is 67.7 Å². The van der Waals surface area contributed by atoms with Crippen LogP contribution in [-0.2, 0) is 13.6 Å². The van der Waals surface area contributed by atoms with E-state index in [1.54, 1.807) is 28.6 Å².